The minimum Gasteiger partial charge on any atom is -0.495 e. The molecule has 1 amide bonds. The van der Waals surface area contributed by atoms with Crippen LogP contribution < -0.4 is 15.4 Å². The van der Waals surface area contributed by atoms with Gasteiger partial charge in [0, 0.05) is 12.5 Å². The van der Waals surface area contributed by atoms with Crippen LogP contribution in [0.2, 0.25) is 0 Å². The zero-order valence-electron chi connectivity index (χ0n) is 9.91. The zero-order chi connectivity index (χ0) is 12.0. The topological polar surface area (TPSA) is 50.4 Å². The number of anilines is 1. The summed E-state index contributed by atoms with van der Waals surface area (Å²) in [7, 11) is 3.42. The van der Waals surface area contributed by atoms with Crippen molar-refractivity contribution in [1.29, 1.82) is 0 Å². The molecule has 88 valence electrons. The molecule has 1 aromatic rings. The van der Waals surface area contributed by atoms with Gasteiger partial charge in [0.1, 0.15) is 5.75 Å². The van der Waals surface area contributed by atoms with Crippen molar-refractivity contribution in [2.75, 3.05) is 19.5 Å². The first kappa shape index (κ1) is 12.5. The fraction of sp³-hybridized carbons (Fsp3) is 0.417. The average molecular weight is 222 g/mol. The van der Waals surface area contributed by atoms with E-state index in [1.165, 1.54) is 0 Å². The van der Waals surface area contributed by atoms with Crippen molar-refractivity contribution in [2.24, 2.45) is 0 Å². The summed E-state index contributed by atoms with van der Waals surface area (Å²) >= 11 is 0. The molecular formula is C12H18N2O2. The molecule has 0 radical (unpaired) electrons. The van der Waals surface area contributed by atoms with Gasteiger partial charge >= 0.3 is 0 Å². The molecule has 1 rings (SSSR count). The lowest BCUT2D eigenvalue weighted by Crippen LogP contribution is -2.27. The fourth-order valence-electron chi connectivity index (χ4n) is 1.33. The van der Waals surface area contributed by atoms with Crippen molar-refractivity contribution in [3.8, 4) is 5.75 Å². The molecule has 0 saturated heterocycles. The Bertz CT molecular complexity index is 353. The quantitative estimate of drug-likeness (QED) is 0.796. The molecule has 1 unspecified atom stereocenters. The van der Waals surface area contributed by atoms with Crippen LogP contribution in [0.4, 0.5) is 5.69 Å². The van der Waals surface area contributed by atoms with Crippen molar-refractivity contribution in [3.63, 3.8) is 0 Å². The Hall–Kier alpha value is -1.55. The molecule has 0 aromatic heterocycles. The van der Waals surface area contributed by atoms with Gasteiger partial charge in [0.05, 0.1) is 12.8 Å². The van der Waals surface area contributed by atoms with Crippen LogP contribution in [0, 0.1) is 0 Å². The van der Waals surface area contributed by atoms with E-state index in [1.54, 1.807) is 7.11 Å². The van der Waals surface area contributed by atoms with Crippen LogP contribution in [0.25, 0.3) is 0 Å². The summed E-state index contributed by atoms with van der Waals surface area (Å²) in [5.41, 5.74) is 0.707. The van der Waals surface area contributed by atoms with Gasteiger partial charge in [-0.1, -0.05) is 12.1 Å². The van der Waals surface area contributed by atoms with Gasteiger partial charge in [-0.05, 0) is 26.1 Å². The maximum absolute atomic E-state index is 11.6. The van der Waals surface area contributed by atoms with Gasteiger partial charge in [0.2, 0.25) is 5.91 Å². The van der Waals surface area contributed by atoms with Gasteiger partial charge in [0.25, 0.3) is 0 Å². The summed E-state index contributed by atoms with van der Waals surface area (Å²) in [5.74, 6) is 0.652. The number of methoxy groups -OCH3 is 1. The van der Waals surface area contributed by atoms with Gasteiger partial charge in [-0.3, -0.25) is 4.79 Å². The third kappa shape index (κ3) is 3.55. The van der Waals surface area contributed by atoms with Crippen LogP contribution in [-0.2, 0) is 4.79 Å². The summed E-state index contributed by atoms with van der Waals surface area (Å²) in [6, 6.07) is 7.53. The zero-order valence-corrected chi connectivity index (χ0v) is 9.91. The lowest BCUT2D eigenvalue weighted by Gasteiger charge is -2.12. The lowest BCUT2D eigenvalue weighted by molar-refractivity contribution is -0.116. The standard InChI is InChI=1S/C12H18N2O2/c1-9(13-2)8-12(15)14-10-6-4-5-7-11(10)16-3/h4-7,9,13H,8H2,1-3H3,(H,14,15). The number of hydrogen-bond donors (Lipinski definition) is 2. The predicted octanol–water partition coefficient (Wildman–Crippen LogP) is 1.63. The molecule has 0 bridgehead atoms. The smallest absolute Gasteiger partial charge is 0.226 e. The number of ether oxygens (including phenoxy) is 1. The highest BCUT2D eigenvalue weighted by molar-refractivity contribution is 5.92. The van der Waals surface area contributed by atoms with Crippen molar-refractivity contribution in [2.45, 2.75) is 19.4 Å². The molecule has 4 nitrogen and oxygen atoms in total. The number of carbonyl (C=O) groups is 1. The van der Waals surface area contributed by atoms with E-state index in [0.29, 0.717) is 17.9 Å². The van der Waals surface area contributed by atoms with Gasteiger partial charge in [-0.15, -0.1) is 0 Å². The minimum atomic E-state index is -0.0219. The van der Waals surface area contributed by atoms with Crippen LogP contribution in [0.1, 0.15) is 13.3 Å². The Morgan fingerprint density at radius 3 is 2.75 bits per heavy atom. The average Bonchev–Trinajstić information content (AvgIpc) is 2.29. The maximum atomic E-state index is 11.6. The third-order valence-corrected chi connectivity index (χ3v) is 2.37. The van der Waals surface area contributed by atoms with Crippen LogP contribution in [0.15, 0.2) is 24.3 Å². The molecule has 0 saturated carbocycles. The van der Waals surface area contributed by atoms with Gasteiger partial charge in [0.15, 0.2) is 0 Å². The van der Waals surface area contributed by atoms with Crippen LogP contribution in [-0.4, -0.2) is 26.1 Å². The van der Waals surface area contributed by atoms with Crippen LogP contribution in [0.3, 0.4) is 0 Å². The molecule has 16 heavy (non-hydrogen) atoms. The summed E-state index contributed by atoms with van der Waals surface area (Å²) in [6.07, 6.45) is 0.439. The molecule has 1 atom stereocenters. The second-order valence-corrected chi connectivity index (χ2v) is 3.64. The van der Waals surface area contributed by atoms with E-state index < -0.39 is 0 Å². The Kier molecular flexibility index (Phi) is 4.79. The van der Waals surface area contributed by atoms with E-state index in [-0.39, 0.29) is 11.9 Å². The van der Waals surface area contributed by atoms with E-state index in [2.05, 4.69) is 10.6 Å². The van der Waals surface area contributed by atoms with Crippen molar-refractivity contribution < 1.29 is 9.53 Å². The first-order valence-corrected chi connectivity index (χ1v) is 5.27. The van der Waals surface area contributed by atoms with E-state index in [0.717, 1.165) is 0 Å². The number of para-hydroxylation sites is 2. The molecule has 0 aliphatic heterocycles. The molecule has 2 N–H and O–H groups in total. The highest BCUT2D eigenvalue weighted by Crippen LogP contribution is 2.23. The van der Waals surface area contributed by atoms with Gasteiger partial charge in [-0.2, -0.15) is 0 Å². The third-order valence-electron chi connectivity index (χ3n) is 2.37. The van der Waals surface area contributed by atoms with E-state index >= 15 is 0 Å². The van der Waals surface area contributed by atoms with E-state index in [1.807, 2.05) is 38.2 Å². The first-order chi connectivity index (χ1) is 7.67. The Balaban J connectivity index is 2.62. The number of hydrogen-bond acceptors (Lipinski definition) is 3. The molecule has 0 heterocycles. The number of amides is 1. The number of benzene rings is 1. The summed E-state index contributed by atoms with van der Waals surface area (Å²) in [4.78, 5) is 11.6. The summed E-state index contributed by atoms with van der Waals surface area (Å²) < 4.78 is 5.15. The number of nitrogens with one attached hydrogen (secondary N) is 2. The molecular weight excluding hydrogens is 204 g/mol. The summed E-state index contributed by atoms with van der Waals surface area (Å²) in [6.45, 7) is 1.96. The number of carbonyl (C=O) groups excluding carboxylic acids is 1. The number of rotatable bonds is 5. The Morgan fingerprint density at radius 1 is 1.44 bits per heavy atom. The summed E-state index contributed by atoms with van der Waals surface area (Å²) in [5, 5.41) is 5.84. The van der Waals surface area contributed by atoms with E-state index in [9.17, 15) is 4.79 Å². The van der Waals surface area contributed by atoms with Gasteiger partial charge < -0.3 is 15.4 Å². The normalized spacial score (nSPS) is 11.9. The van der Waals surface area contributed by atoms with Crippen molar-refractivity contribution >= 4 is 11.6 Å². The highest BCUT2D eigenvalue weighted by Gasteiger charge is 2.09. The second-order valence-electron chi connectivity index (χ2n) is 3.64. The first-order valence-electron chi connectivity index (χ1n) is 5.27. The largest absolute Gasteiger partial charge is 0.495 e. The van der Waals surface area contributed by atoms with Crippen molar-refractivity contribution in [3.05, 3.63) is 24.3 Å². The Morgan fingerprint density at radius 2 is 2.12 bits per heavy atom. The highest BCUT2D eigenvalue weighted by atomic mass is 16.5. The van der Waals surface area contributed by atoms with Crippen LogP contribution in [0.5, 0.6) is 5.75 Å². The molecule has 0 aliphatic carbocycles. The molecule has 0 fully saturated rings. The minimum absolute atomic E-state index is 0.0219. The van der Waals surface area contributed by atoms with E-state index in [4.69, 9.17) is 4.74 Å². The van der Waals surface area contributed by atoms with Crippen molar-refractivity contribution in [1.82, 2.24) is 5.32 Å². The maximum Gasteiger partial charge on any atom is 0.226 e. The second kappa shape index (κ2) is 6.12. The predicted molar refractivity (Wildman–Crippen MR) is 64.8 cm³/mol. The fourth-order valence-corrected chi connectivity index (χ4v) is 1.33. The molecule has 0 spiro atoms. The Labute approximate surface area is 96.0 Å². The molecule has 0 aliphatic rings. The van der Waals surface area contributed by atoms with Crippen LogP contribution >= 0.6 is 0 Å². The SMILES string of the molecule is CNC(C)CC(=O)Nc1ccccc1OC. The monoisotopic (exact) mass is 222 g/mol. The van der Waals surface area contributed by atoms with Gasteiger partial charge in [-0.25, -0.2) is 0 Å². The molecule has 4 heteroatoms. The molecule has 1 aromatic carbocycles. The lowest BCUT2D eigenvalue weighted by atomic mass is 10.2.